The van der Waals surface area contributed by atoms with E-state index in [2.05, 4.69) is 5.32 Å². The maximum absolute atomic E-state index is 13.3. The zero-order valence-corrected chi connectivity index (χ0v) is 10.3. The average Bonchev–Trinajstić information content (AvgIpc) is 2.35. The predicted molar refractivity (Wildman–Crippen MR) is 68.5 cm³/mol. The standard InChI is InChI=1S/C14H22FNO/c15-14-8-4-3-7-13(14)9-11-16-10-5-1-2-6-12-17/h3-4,7-8,16-17H,1-2,5-6,9-12H2. The molecule has 0 radical (unpaired) electrons. The van der Waals surface area contributed by atoms with Crippen LogP contribution in [0.4, 0.5) is 4.39 Å². The lowest BCUT2D eigenvalue weighted by Gasteiger charge is -2.05. The molecule has 0 aliphatic rings. The van der Waals surface area contributed by atoms with Crippen LogP contribution >= 0.6 is 0 Å². The first-order valence-electron chi connectivity index (χ1n) is 6.39. The Kier molecular flexibility index (Phi) is 7.60. The molecule has 0 unspecified atom stereocenters. The van der Waals surface area contributed by atoms with Gasteiger partial charge in [0.25, 0.3) is 0 Å². The molecule has 1 aromatic carbocycles. The second kappa shape index (κ2) is 9.14. The van der Waals surface area contributed by atoms with Gasteiger partial charge in [-0.25, -0.2) is 4.39 Å². The fourth-order valence-corrected chi connectivity index (χ4v) is 1.76. The number of rotatable bonds is 9. The molecule has 0 amide bonds. The highest BCUT2D eigenvalue weighted by atomic mass is 19.1. The van der Waals surface area contributed by atoms with Gasteiger partial charge in [-0.1, -0.05) is 31.0 Å². The van der Waals surface area contributed by atoms with E-state index < -0.39 is 0 Å². The summed E-state index contributed by atoms with van der Waals surface area (Å²) < 4.78 is 13.3. The minimum atomic E-state index is -0.114. The summed E-state index contributed by atoms with van der Waals surface area (Å²) in [6.45, 7) is 2.08. The third-order valence-electron chi connectivity index (χ3n) is 2.79. The lowest BCUT2D eigenvalue weighted by molar-refractivity contribution is 0.282. The van der Waals surface area contributed by atoms with Crippen LogP contribution in [0.3, 0.4) is 0 Å². The van der Waals surface area contributed by atoms with E-state index in [-0.39, 0.29) is 5.82 Å². The number of nitrogens with one attached hydrogen (secondary N) is 1. The summed E-state index contributed by atoms with van der Waals surface area (Å²) in [7, 11) is 0. The molecule has 96 valence electrons. The Morgan fingerprint density at radius 1 is 1.00 bits per heavy atom. The lowest BCUT2D eigenvalue weighted by Crippen LogP contribution is -2.18. The number of hydrogen-bond donors (Lipinski definition) is 2. The van der Waals surface area contributed by atoms with Crippen molar-refractivity contribution in [2.45, 2.75) is 32.1 Å². The van der Waals surface area contributed by atoms with Crippen LogP contribution in [0, 0.1) is 5.82 Å². The molecular formula is C14H22FNO. The molecular weight excluding hydrogens is 217 g/mol. The van der Waals surface area contributed by atoms with Crippen LogP contribution in [-0.4, -0.2) is 24.8 Å². The van der Waals surface area contributed by atoms with Crippen molar-refractivity contribution in [3.05, 3.63) is 35.6 Å². The van der Waals surface area contributed by atoms with E-state index in [9.17, 15) is 4.39 Å². The van der Waals surface area contributed by atoms with Crippen LogP contribution in [0.5, 0.6) is 0 Å². The smallest absolute Gasteiger partial charge is 0.126 e. The third kappa shape index (κ3) is 6.39. The second-order valence-corrected chi connectivity index (χ2v) is 4.23. The Balaban J connectivity index is 1.99. The molecule has 0 aromatic heterocycles. The second-order valence-electron chi connectivity index (χ2n) is 4.23. The van der Waals surface area contributed by atoms with E-state index in [0.717, 1.165) is 50.8 Å². The number of aliphatic hydroxyl groups excluding tert-OH is 1. The number of unbranched alkanes of at least 4 members (excludes halogenated alkanes) is 3. The summed E-state index contributed by atoms with van der Waals surface area (Å²) in [5.74, 6) is -0.114. The highest BCUT2D eigenvalue weighted by molar-refractivity contribution is 5.17. The maximum Gasteiger partial charge on any atom is 0.126 e. The van der Waals surface area contributed by atoms with Crippen LogP contribution < -0.4 is 5.32 Å². The normalized spacial score (nSPS) is 10.7. The highest BCUT2D eigenvalue weighted by Crippen LogP contribution is 2.06. The fourth-order valence-electron chi connectivity index (χ4n) is 1.76. The number of halogens is 1. The molecule has 0 spiro atoms. The van der Waals surface area contributed by atoms with E-state index in [0.29, 0.717) is 6.61 Å². The molecule has 0 bridgehead atoms. The van der Waals surface area contributed by atoms with Gasteiger partial charge in [-0.3, -0.25) is 0 Å². The lowest BCUT2D eigenvalue weighted by atomic mass is 10.1. The van der Waals surface area contributed by atoms with Gasteiger partial charge in [-0.2, -0.15) is 0 Å². The molecule has 1 rings (SSSR count). The Morgan fingerprint density at radius 2 is 1.76 bits per heavy atom. The molecule has 2 nitrogen and oxygen atoms in total. The van der Waals surface area contributed by atoms with Crippen LogP contribution in [0.2, 0.25) is 0 Å². The molecule has 1 aromatic rings. The average molecular weight is 239 g/mol. The molecule has 0 aliphatic carbocycles. The highest BCUT2D eigenvalue weighted by Gasteiger charge is 1.99. The van der Waals surface area contributed by atoms with Gasteiger partial charge in [-0.05, 0) is 44.0 Å². The van der Waals surface area contributed by atoms with Crippen molar-refractivity contribution in [1.29, 1.82) is 0 Å². The third-order valence-corrected chi connectivity index (χ3v) is 2.79. The first-order chi connectivity index (χ1) is 8.34. The van der Waals surface area contributed by atoms with Crippen LogP contribution in [0.1, 0.15) is 31.2 Å². The van der Waals surface area contributed by atoms with E-state index >= 15 is 0 Å². The minimum absolute atomic E-state index is 0.114. The van der Waals surface area contributed by atoms with Crippen molar-refractivity contribution < 1.29 is 9.50 Å². The Morgan fingerprint density at radius 3 is 2.53 bits per heavy atom. The van der Waals surface area contributed by atoms with Gasteiger partial charge in [0, 0.05) is 6.61 Å². The number of hydrogen-bond acceptors (Lipinski definition) is 2. The Hall–Kier alpha value is -0.930. The van der Waals surface area contributed by atoms with Crippen molar-refractivity contribution in [3.8, 4) is 0 Å². The molecule has 2 N–H and O–H groups in total. The molecule has 0 atom stereocenters. The summed E-state index contributed by atoms with van der Waals surface area (Å²) in [6, 6.07) is 6.92. The van der Waals surface area contributed by atoms with E-state index in [1.165, 1.54) is 6.07 Å². The van der Waals surface area contributed by atoms with Crippen LogP contribution in [0.25, 0.3) is 0 Å². The zero-order chi connectivity index (χ0) is 12.3. The summed E-state index contributed by atoms with van der Waals surface area (Å²) in [4.78, 5) is 0. The molecule has 3 heteroatoms. The zero-order valence-electron chi connectivity index (χ0n) is 10.3. The van der Waals surface area contributed by atoms with Gasteiger partial charge in [0.15, 0.2) is 0 Å². The minimum Gasteiger partial charge on any atom is -0.396 e. The van der Waals surface area contributed by atoms with Gasteiger partial charge >= 0.3 is 0 Å². The van der Waals surface area contributed by atoms with E-state index in [4.69, 9.17) is 5.11 Å². The van der Waals surface area contributed by atoms with Crippen LogP contribution in [-0.2, 0) is 6.42 Å². The van der Waals surface area contributed by atoms with Crippen molar-refractivity contribution in [2.75, 3.05) is 19.7 Å². The molecule has 0 saturated carbocycles. The molecule has 0 heterocycles. The topological polar surface area (TPSA) is 32.3 Å². The summed E-state index contributed by atoms with van der Waals surface area (Å²) >= 11 is 0. The largest absolute Gasteiger partial charge is 0.396 e. The predicted octanol–water partition coefficient (Wildman–Crippen LogP) is 2.51. The van der Waals surface area contributed by atoms with Gasteiger partial charge in [0.1, 0.15) is 5.82 Å². The van der Waals surface area contributed by atoms with E-state index in [1.807, 2.05) is 12.1 Å². The SMILES string of the molecule is OCCCCCCNCCc1ccccc1F. The Labute approximate surface area is 103 Å². The summed E-state index contributed by atoms with van der Waals surface area (Å²) in [5.41, 5.74) is 0.778. The van der Waals surface area contributed by atoms with Gasteiger partial charge in [-0.15, -0.1) is 0 Å². The van der Waals surface area contributed by atoms with Gasteiger partial charge < -0.3 is 10.4 Å². The molecule has 0 fully saturated rings. The van der Waals surface area contributed by atoms with Gasteiger partial charge in [0.2, 0.25) is 0 Å². The number of benzene rings is 1. The fraction of sp³-hybridized carbons (Fsp3) is 0.571. The molecule has 0 aliphatic heterocycles. The van der Waals surface area contributed by atoms with Crippen molar-refractivity contribution in [2.24, 2.45) is 0 Å². The maximum atomic E-state index is 13.3. The van der Waals surface area contributed by atoms with Crippen LogP contribution in [0.15, 0.2) is 24.3 Å². The molecule has 0 saturated heterocycles. The van der Waals surface area contributed by atoms with Crippen molar-refractivity contribution in [1.82, 2.24) is 5.32 Å². The van der Waals surface area contributed by atoms with Gasteiger partial charge in [0.05, 0.1) is 0 Å². The van der Waals surface area contributed by atoms with Crippen molar-refractivity contribution >= 4 is 0 Å². The Bertz CT molecular complexity index is 304. The molecule has 17 heavy (non-hydrogen) atoms. The number of aliphatic hydroxyl groups is 1. The summed E-state index contributed by atoms with van der Waals surface area (Å²) in [5, 5.41) is 11.9. The summed E-state index contributed by atoms with van der Waals surface area (Å²) in [6.07, 6.45) is 4.99. The van der Waals surface area contributed by atoms with Crippen molar-refractivity contribution in [3.63, 3.8) is 0 Å². The first kappa shape index (κ1) is 14.1. The first-order valence-corrected chi connectivity index (χ1v) is 6.39. The van der Waals surface area contributed by atoms with E-state index in [1.54, 1.807) is 6.07 Å². The monoisotopic (exact) mass is 239 g/mol. The quantitative estimate of drug-likeness (QED) is 0.649.